The summed E-state index contributed by atoms with van der Waals surface area (Å²) in [7, 11) is 0. The average molecular weight is 504 g/mol. The van der Waals surface area contributed by atoms with Crippen LogP contribution in [-0.4, -0.2) is 82.3 Å². The van der Waals surface area contributed by atoms with Crippen LogP contribution in [0.15, 0.2) is 36.7 Å². The molecule has 1 aromatic carbocycles. The zero-order chi connectivity index (χ0) is 26.2. The normalized spacial score (nSPS) is 23.5. The highest BCUT2D eigenvalue weighted by Gasteiger charge is 2.43. The molecule has 3 fully saturated rings. The fraction of sp³-hybridized carbons (Fsp3) is 0.600. The van der Waals surface area contributed by atoms with Gasteiger partial charge in [-0.05, 0) is 62.5 Å². The van der Waals surface area contributed by atoms with Crippen molar-refractivity contribution in [1.82, 2.24) is 24.7 Å². The lowest BCUT2D eigenvalue weighted by Crippen LogP contribution is -2.47. The van der Waals surface area contributed by atoms with Gasteiger partial charge in [-0.1, -0.05) is 44.2 Å². The summed E-state index contributed by atoms with van der Waals surface area (Å²) in [6.45, 7) is 14.3. The molecule has 0 aliphatic carbocycles. The van der Waals surface area contributed by atoms with Crippen molar-refractivity contribution in [3.63, 3.8) is 0 Å². The van der Waals surface area contributed by atoms with Gasteiger partial charge in [0.25, 0.3) is 5.91 Å². The number of benzene rings is 1. The van der Waals surface area contributed by atoms with Crippen LogP contribution < -0.4 is 0 Å². The van der Waals surface area contributed by atoms with Gasteiger partial charge in [0.2, 0.25) is 5.91 Å². The lowest BCUT2D eigenvalue weighted by Gasteiger charge is -2.43. The Bertz CT molecular complexity index is 1090. The van der Waals surface area contributed by atoms with Crippen molar-refractivity contribution in [3.05, 3.63) is 59.2 Å². The molecule has 2 aromatic rings. The summed E-state index contributed by atoms with van der Waals surface area (Å²) in [6, 6.07) is 10.9. The molecule has 0 spiro atoms. The smallest absolute Gasteiger partial charge is 0.257 e. The summed E-state index contributed by atoms with van der Waals surface area (Å²) in [4.78, 5) is 41.1. The van der Waals surface area contributed by atoms with Gasteiger partial charge in [0, 0.05) is 45.2 Å². The Labute approximate surface area is 221 Å². The number of fused-ring (bicyclic) bond motifs is 1. The van der Waals surface area contributed by atoms with Gasteiger partial charge in [-0.15, -0.1) is 0 Å². The number of hydrogen-bond donors (Lipinski definition) is 0. The first-order valence-corrected chi connectivity index (χ1v) is 13.9. The standard InChI is InChI=1S/C30H41N5O2/c1-21(2)28(36)34-14-11-30(12-15-34,26-8-6-5-7-9-26)10-13-33-16-24-18-35(19-25(24)17-33)29(37)27-22(3)31-20-32-23(27)4/h5-9,20-21,24-25H,10-19H2,1-4H3. The third-order valence-electron chi connectivity index (χ3n) is 9.11. The van der Waals surface area contributed by atoms with Crippen molar-refractivity contribution in [2.24, 2.45) is 17.8 Å². The second-order valence-corrected chi connectivity index (χ2v) is 11.8. The van der Waals surface area contributed by atoms with Gasteiger partial charge in [-0.25, -0.2) is 9.97 Å². The monoisotopic (exact) mass is 503 g/mol. The van der Waals surface area contributed by atoms with E-state index >= 15 is 0 Å². The van der Waals surface area contributed by atoms with Gasteiger partial charge in [0.15, 0.2) is 0 Å². The Morgan fingerprint density at radius 3 is 2.08 bits per heavy atom. The van der Waals surface area contributed by atoms with Crippen LogP contribution in [0, 0.1) is 31.6 Å². The van der Waals surface area contributed by atoms with E-state index in [0.717, 1.165) is 76.5 Å². The van der Waals surface area contributed by atoms with Crippen LogP contribution in [0.25, 0.3) is 0 Å². The number of aromatic nitrogens is 2. The lowest BCUT2D eigenvalue weighted by atomic mass is 9.70. The van der Waals surface area contributed by atoms with Crippen LogP contribution >= 0.6 is 0 Å². The molecule has 3 saturated heterocycles. The number of amides is 2. The Morgan fingerprint density at radius 1 is 0.919 bits per heavy atom. The number of piperidine rings is 1. The van der Waals surface area contributed by atoms with Crippen molar-refractivity contribution < 1.29 is 9.59 Å². The maximum atomic E-state index is 13.3. The second kappa shape index (κ2) is 10.5. The summed E-state index contributed by atoms with van der Waals surface area (Å²) >= 11 is 0. The van der Waals surface area contributed by atoms with E-state index in [9.17, 15) is 9.59 Å². The van der Waals surface area contributed by atoms with Gasteiger partial charge in [0.05, 0.1) is 17.0 Å². The Kier molecular flexibility index (Phi) is 7.35. The number of aryl methyl sites for hydroxylation is 2. The molecule has 4 heterocycles. The molecule has 1 aromatic heterocycles. The van der Waals surface area contributed by atoms with Crippen LogP contribution in [0.3, 0.4) is 0 Å². The van der Waals surface area contributed by atoms with Crippen LogP contribution in [0.1, 0.15) is 60.4 Å². The number of hydrogen-bond acceptors (Lipinski definition) is 5. The Morgan fingerprint density at radius 2 is 1.51 bits per heavy atom. The van der Waals surface area contributed by atoms with Gasteiger partial charge < -0.3 is 14.7 Å². The van der Waals surface area contributed by atoms with E-state index in [0.29, 0.717) is 17.4 Å². The minimum absolute atomic E-state index is 0.0573. The van der Waals surface area contributed by atoms with E-state index in [1.807, 2.05) is 32.6 Å². The Balaban J connectivity index is 1.20. The molecule has 3 aliphatic heterocycles. The molecule has 5 rings (SSSR count). The molecule has 2 atom stereocenters. The zero-order valence-electron chi connectivity index (χ0n) is 22.8. The zero-order valence-corrected chi connectivity index (χ0v) is 22.8. The summed E-state index contributed by atoms with van der Waals surface area (Å²) in [6.07, 6.45) is 4.70. The average Bonchev–Trinajstić information content (AvgIpc) is 3.47. The molecule has 198 valence electrons. The fourth-order valence-electron chi connectivity index (χ4n) is 6.87. The molecule has 2 amide bonds. The molecule has 0 bridgehead atoms. The summed E-state index contributed by atoms with van der Waals surface area (Å²) < 4.78 is 0. The largest absolute Gasteiger partial charge is 0.342 e. The fourth-order valence-corrected chi connectivity index (χ4v) is 6.87. The van der Waals surface area contributed by atoms with Crippen molar-refractivity contribution in [1.29, 1.82) is 0 Å². The molecular weight excluding hydrogens is 462 g/mol. The number of likely N-dealkylation sites (tertiary alicyclic amines) is 3. The predicted molar refractivity (Wildman–Crippen MR) is 144 cm³/mol. The maximum absolute atomic E-state index is 13.3. The maximum Gasteiger partial charge on any atom is 0.257 e. The molecule has 37 heavy (non-hydrogen) atoms. The van der Waals surface area contributed by atoms with E-state index in [4.69, 9.17) is 0 Å². The van der Waals surface area contributed by atoms with Crippen LogP contribution in [0.2, 0.25) is 0 Å². The molecule has 2 unspecified atom stereocenters. The van der Waals surface area contributed by atoms with Gasteiger partial charge in [-0.2, -0.15) is 0 Å². The Hall–Kier alpha value is -2.80. The number of carbonyl (C=O) groups excluding carboxylic acids is 2. The molecule has 7 heteroatoms. The SMILES string of the molecule is Cc1ncnc(C)c1C(=O)N1CC2CN(CCC3(c4ccccc4)CCN(C(=O)C(C)C)CC3)CC2C1. The molecule has 0 radical (unpaired) electrons. The number of rotatable bonds is 6. The number of carbonyl (C=O) groups is 2. The third kappa shape index (κ3) is 5.15. The van der Waals surface area contributed by atoms with Gasteiger partial charge >= 0.3 is 0 Å². The van der Waals surface area contributed by atoms with Crippen molar-refractivity contribution in [3.8, 4) is 0 Å². The van der Waals surface area contributed by atoms with Crippen LogP contribution in [0.5, 0.6) is 0 Å². The van der Waals surface area contributed by atoms with E-state index < -0.39 is 0 Å². The summed E-state index contributed by atoms with van der Waals surface area (Å²) in [5.74, 6) is 1.49. The molecule has 7 nitrogen and oxygen atoms in total. The van der Waals surface area contributed by atoms with Gasteiger partial charge in [0.1, 0.15) is 6.33 Å². The van der Waals surface area contributed by atoms with Crippen LogP contribution in [-0.2, 0) is 10.2 Å². The molecule has 0 N–H and O–H groups in total. The minimum Gasteiger partial charge on any atom is -0.342 e. The summed E-state index contributed by atoms with van der Waals surface area (Å²) in [5.41, 5.74) is 3.74. The molecule has 3 aliphatic rings. The van der Waals surface area contributed by atoms with Crippen molar-refractivity contribution in [2.45, 2.75) is 52.4 Å². The van der Waals surface area contributed by atoms with Crippen molar-refractivity contribution >= 4 is 11.8 Å². The van der Waals surface area contributed by atoms with Crippen LogP contribution in [0.4, 0.5) is 0 Å². The van der Waals surface area contributed by atoms with Gasteiger partial charge in [-0.3, -0.25) is 9.59 Å². The molecular formula is C30H41N5O2. The van der Waals surface area contributed by atoms with E-state index in [-0.39, 0.29) is 23.1 Å². The predicted octanol–water partition coefficient (Wildman–Crippen LogP) is 3.70. The highest BCUT2D eigenvalue weighted by atomic mass is 16.2. The van der Waals surface area contributed by atoms with E-state index in [1.54, 1.807) is 0 Å². The van der Waals surface area contributed by atoms with E-state index in [1.165, 1.54) is 11.9 Å². The first-order chi connectivity index (χ1) is 17.8. The summed E-state index contributed by atoms with van der Waals surface area (Å²) in [5, 5.41) is 0. The second-order valence-electron chi connectivity index (χ2n) is 11.8. The minimum atomic E-state index is 0.0573. The third-order valence-corrected chi connectivity index (χ3v) is 9.11. The molecule has 0 saturated carbocycles. The number of nitrogens with zero attached hydrogens (tertiary/aromatic N) is 5. The highest BCUT2D eigenvalue weighted by Crippen LogP contribution is 2.40. The quantitative estimate of drug-likeness (QED) is 0.601. The first kappa shape index (κ1) is 25.8. The van der Waals surface area contributed by atoms with Crippen molar-refractivity contribution in [2.75, 3.05) is 45.8 Å². The highest BCUT2D eigenvalue weighted by molar-refractivity contribution is 5.96. The first-order valence-electron chi connectivity index (χ1n) is 13.9. The van der Waals surface area contributed by atoms with E-state index in [2.05, 4.69) is 50.1 Å². The lowest BCUT2D eigenvalue weighted by molar-refractivity contribution is -0.136. The topological polar surface area (TPSA) is 69.6 Å².